The summed E-state index contributed by atoms with van der Waals surface area (Å²) in [5.74, 6) is 5.65. The number of hydrogen-bond acceptors (Lipinski definition) is 3. The number of ether oxygens (including phenoxy) is 1. The van der Waals surface area contributed by atoms with Crippen LogP contribution in [0.4, 0.5) is 0 Å². The van der Waals surface area contributed by atoms with Gasteiger partial charge in [-0.25, -0.2) is 0 Å². The molecule has 2 atom stereocenters. The number of halogens is 2. The van der Waals surface area contributed by atoms with Gasteiger partial charge in [-0.1, -0.05) is 42.6 Å². The van der Waals surface area contributed by atoms with Crippen LogP contribution in [0.1, 0.15) is 38.3 Å². The highest BCUT2D eigenvalue weighted by Crippen LogP contribution is 2.28. The van der Waals surface area contributed by atoms with Crippen LogP contribution in [0.2, 0.25) is 10.0 Å². The summed E-state index contributed by atoms with van der Waals surface area (Å²) in [5, 5.41) is 1.07. The van der Waals surface area contributed by atoms with E-state index >= 15 is 0 Å². The molecule has 2 unspecified atom stereocenters. The molecular formula is C13H20Cl2N2O. The van der Waals surface area contributed by atoms with Gasteiger partial charge in [0, 0.05) is 6.61 Å². The third-order valence-electron chi connectivity index (χ3n) is 2.81. The quantitative estimate of drug-likeness (QED) is 0.595. The van der Waals surface area contributed by atoms with Crippen molar-refractivity contribution < 1.29 is 4.74 Å². The SMILES string of the molecule is CCCC(OCC)C(NN)c1ccc(Cl)c(Cl)c1. The van der Waals surface area contributed by atoms with Crippen molar-refractivity contribution in [2.24, 2.45) is 5.84 Å². The van der Waals surface area contributed by atoms with E-state index in [9.17, 15) is 0 Å². The van der Waals surface area contributed by atoms with E-state index in [4.69, 9.17) is 33.8 Å². The third-order valence-corrected chi connectivity index (χ3v) is 3.55. The van der Waals surface area contributed by atoms with E-state index in [2.05, 4.69) is 12.3 Å². The third kappa shape index (κ3) is 4.11. The molecule has 102 valence electrons. The van der Waals surface area contributed by atoms with Gasteiger partial charge in [-0.15, -0.1) is 0 Å². The molecule has 5 heteroatoms. The van der Waals surface area contributed by atoms with Gasteiger partial charge < -0.3 is 4.74 Å². The largest absolute Gasteiger partial charge is 0.376 e. The van der Waals surface area contributed by atoms with Gasteiger partial charge in [0.05, 0.1) is 22.2 Å². The fourth-order valence-electron chi connectivity index (χ4n) is 1.97. The smallest absolute Gasteiger partial charge is 0.0782 e. The second-order valence-corrected chi connectivity index (χ2v) is 4.91. The Hall–Kier alpha value is -0.320. The van der Waals surface area contributed by atoms with Gasteiger partial charge in [0.1, 0.15) is 0 Å². The van der Waals surface area contributed by atoms with Crippen LogP contribution in [-0.2, 0) is 4.74 Å². The minimum absolute atomic E-state index is 0.0299. The molecule has 0 aromatic heterocycles. The second-order valence-electron chi connectivity index (χ2n) is 4.10. The fraction of sp³-hybridized carbons (Fsp3) is 0.538. The van der Waals surface area contributed by atoms with Gasteiger partial charge in [-0.05, 0) is 31.0 Å². The van der Waals surface area contributed by atoms with Crippen LogP contribution in [0.15, 0.2) is 18.2 Å². The van der Waals surface area contributed by atoms with Crippen LogP contribution in [-0.4, -0.2) is 12.7 Å². The normalized spacial score (nSPS) is 14.5. The number of hydrazine groups is 1. The molecule has 0 amide bonds. The molecule has 1 rings (SSSR count). The van der Waals surface area contributed by atoms with E-state index in [1.807, 2.05) is 19.1 Å². The Kier molecular flexibility index (Phi) is 6.97. The van der Waals surface area contributed by atoms with E-state index in [-0.39, 0.29) is 12.1 Å². The molecule has 0 spiro atoms. The van der Waals surface area contributed by atoms with Gasteiger partial charge >= 0.3 is 0 Å². The van der Waals surface area contributed by atoms with Crippen molar-refractivity contribution in [3.8, 4) is 0 Å². The topological polar surface area (TPSA) is 47.3 Å². The maximum atomic E-state index is 6.03. The van der Waals surface area contributed by atoms with Crippen molar-refractivity contribution in [2.45, 2.75) is 38.8 Å². The first kappa shape index (κ1) is 15.7. The lowest BCUT2D eigenvalue weighted by atomic mass is 9.98. The summed E-state index contributed by atoms with van der Waals surface area (Å²) in [7, 11) is 0. The van der Waals surface area contributed by atoms with Crippen molar-refractivity contribution in [2.75, 3.05) is 6.61 Å². The standard InChI is InChI=1S/C13H20Cl2N2O/c1-3-5-12(18-4-2)13(17-16)9-6-7-10(14)11(15)8-9/h6-8,12-13,17H,3-5,16H2,1-2H3. The minimum Gasteiger partial charge on any atom is -0.376 e. The highest BCUT2D eigenvalue weighted by molar-refractivity contribution is 6.42. The van der Waals surface area contributed by atoms with E-state index in [1.165, 1.54) is 0 Å². The summed E-state index contributed by atoms with van der Waals surface area (Å²) in [6.45, 7) is 4.75. The van der Waals surface area contributed by atoms with E-state index in [0.29, 0.717) is 16.7 Å². The monoisotopic (exact) mass is 290 g/mol. The molecule has 0 saturated heterocycles. The van der Waals surface area contributed by atoms with E-state index < -0.39 is 0 Å². The van der Waals surface area contributed by atoms with Gasteiger partial charge in [0.25, 0.3) is 0 Å². The average molecular weight is 291 g/mol. The lowest BCUT2D eigenvalue weighted by Crippen LogP contribution is -2.38. The number of benzene rings is 1. The van der Waals surface area contributed by atoms with E-state index in [0.717, 1.165) is 18.4 Å². The highest BCUT2D eigenvalue weighted by Gasteiger charge is 2.22. The fourth-order valence-corrected chi connectivity index (χ4v) is 2.28. The molecule has 0 heterocycles. The van der Waals surface area contributed by atoms with Crippen molar-refractivity contribution in [1.29, 1.82) is 0 Å². The van der Waals surface area contributed by atoms with Gasteiger partial charge in [0.2, 0.25) is 0 Å². The first-order valence-electron chi connectivity index (χ1n) is 6.16. The lowest BCUT2D eigenvalue weighted by Gasteiger charge is -2.26. The number of nitrogens with one attached hydrogen (secondary N) is 1. The zero-order valence-electron chi connectivity index (χ0n) is 10.7. The van der Waals surface area contributed by atoms with Gasteiger partial charge in [0.15, 0.2) is 0 Å². The maximum Gasteiger partial charge on any atom is 0.0782 e. The Labute approximate surface area is 119 Å². The van der Waals surface area contributed by atoms with Crippen molar-refractivity contribution >= 4 is 23.2 Å². The summed E-state index contributed by atoms with van der Waals surface area (Å²) < 4.78 is 5.74. The van der Waals surface area contributed by atoms with Crippen molar-refractivity contribution in [3.05, 3.63) is 33.8 Å². The molecule has 18 heavy (non-hydrogen) atoms. The summed E-state index contributed by atoms with van der Waals surface area (Å²) in [6, 6.07) is 5.44. The Morgan fingerprint density at radius 3 is 2.50 bits per heavy atom. The summed E-state index contributed by atoms with van der Waals surface area (Å²) in [5.41, 5.74) is 3.79. The molecule has 1 aromatic rings. The molecule has 0 radical (unpaired) electrons. The number of hydrogen-bond donors (Lipinski definition) is 2. The lowest BCUT2D eigenvalue weighted by molar-refractivity contribution is 0.0276. The molecule has 3 nitrogen and oxygen atoms in total. The Bertz CT molecular complexity index is 368. The van der Waals surface area contributed by atoms with E-state index in [1.54, 1.807) is 6.07 Å². The molecule has 0 aliphatic rings. The van der Waals surface area contributed by atoms with Gasteiger partial charge in [-0.2, -0.15) is 0 Å². The second kappa shape index (κ2) is 7.97. The van der Waals surface area contributed by atoms with Crippen molar-refractivity contribution in [3.63, 3.8) is 0 Å². The molecule has 0 aliphatic heterocycles. The Morgan fingerprint density at radius 1 is 1.28 bits per heavy atom. The molecule has 0 saturated carbocycles. The predicted molar refractivity (Wildman–Crippen MR) is 76.8 cm³/mol. The van der Waals surface area contributed by atoms with Crippen LogP contribution in [0.5, 0.6) is 0 Å². The summed E-state index contributed by atoms with van der Waals surface area (Å²) in [4.78, 5) is 0. The molecule has 1 aromatic carbocycles. The molecular weight excluding hydrogens is 271 g/mol. The van der Waals surface area contributed by atoms with Crippen LogP contribution >= 0.6 is 23.2 Å². The van der Waals surface area contributed by atoms with Crippen LogP contribution in [0, 0.1) is 0 Å². The van der Waals surface area contributed by atoms with Gasteiger partial charge in [-0.3, -0.25) is 11.3 Å². The van der Waals surface area contributed by atoms with Crippen LogP contribution < -0.4 is 11.3 Å². The molecule has 0 bridgehead atoms. The highest BCUT2D eigenvalue weighted by atomic mass is 35.5. The molecule has 0 fully saturated rings. The zero-order chi connectivity index (χ0) is 13.5. The summed E-state index contributed by atoms with van der Waals surface area (Å²) >= 11 is 11.9. The predicted octanol–water partition coefficient (Wildman–Crippen LogP) is 3.70. The minimum atomic E-state index is -0.0836. The van der Waals surface area contributed by atoms with Crippen LogP contribution in [0.25, 0.3) is 0 Å². The Morgan fingerprint density at radius 2 is 2.00 bits per heavy atom. The van der Waals surface area contributed by atoms with Crippen molar-refractivity contribution in [1.82, 2.24) is 5.43 Å². The number of nitrogens with two attached hydrogens (primary N) is 1. The summed E-state index contributed by atoms with van der Waals surface area (Å²) in [6.07, 6.45) is 2.00. The zero-order valence-corrected chi connectivity index (χ0v) is 12.3. The molecule has 0 aliphatic carbocycles. The molecule has 3 N–H and O–H groups in total. The average Bonchev–Trinajstić information content (AvgIpc) is 2.35. The van der Waals surface area contributed by atoms with Crippen LogP contribution in [0.3, 0.4) is 0 Å². The first-order chi connectivity index (χ1) is 8.63. The maximum absolute atomic E-state index is 6.03. The number of rotatable bonds is 7. The first-order valence-corrected chi connectivity index (χ1v) is 6.92. The Balaban J connectivity index is 2.94.